The molecule has 108 valence electrons. The van der Waals surface area contributed by atoms with Crippen LogP contribution >= 0.6 is 0 Å². The van der Waals surface area contributed by atoms with Crippen LogP contribution in [0.25, 0.3) is 0 Å². The number of ether oxygens (including phenoxy) is 1. The van der Waals surface area contributed by atoms with Gasteiger partial charge in [-0.2, -0.15) is 0 Å². The molecule has 0 saturated heterocycles. The Morgan fingerprint density at radius 2 is 2.25 bits per heavy atom. The van der Waals surface area contributed by atoms with Gasteiger partial charge < -0.3 is 9.64 Å². The molecule has 0 aromatic heterocycles. The molecular weight excluding hydrogens is 255 g/mol. The highest BCUT2D eigenvalue weighted by atomic mass is 19.1. The molecule has 0 spiro atoms. The maximum atomic E-state index is 14.0. The van der Waals surface area contributed by atoms with Crippen molar-refractivity contribution >= 4 is 5.84 Å². The van der Waals surface area contributed by atoms with Crippen LogP contribution in [0.3, 0.4) is 0 Å². The first-order valence-corrected chi connectivity index (χ1v) is 6.83. The predicted molar refractivity (Wildman–Crippen MR) is 80.0 cm³/mol. The van der Waals surface area contributed by atoms with E-state index in [0.717, 1.165) is 30.1 Å². The highest BCUT2D eigenvalue weighted by molar-refractivity contribution is 5.88. The Labute approximate surface area is 119 Å². The molecule has 2 rings (SSSR count). The first kappa shape index (κ1) is 14.6. The molecule has 0 saturated carbocycles. The van der Waals surface area contributed by atoms with Crippen molar-refractivity contribution in [3.63, 3.8) is 0 Å². The molecule has 4 heteroatoms. The SMILES string of the molecule is C=CCC(Oc1c(F)ccc(C)c1C)C1=NCCN1C. The van der Waals surface area contributed by atoms with Crippen LogP contribution < -0.4 is 4.74 Å². The van der Waals surface area contributed by atoms with Crippen LogP contribution in [0.4, 0.5) is 4.39 Å². The summed E-state index contributed by atoms with van der Waals surface area (Å²) >= 11 is 0. The van der Waals surface area contributed by atoms with E-state index in [-0.39, 0.29) is 11.9 Å². The van der Waals surface area contributed by atoms with Crippen LogP contribution in [0.1, 0.15) is 17.5 Å². The average Bonchev–Trinajstić information content (AvgIpc) is 2.84. The third-order valence-electron chi connectivity index (χ3n) is 3.66. The molecule has 1 atom stereocenters. The van der Waals surface area contributed by atoms with Crippen LogP contribution in [0, 0.1) is 19.7 Å². The number of hydrogen-bond acceptors (Lipinski definition) is 3. The molecule has 0 bridgehead atoms. The van der Waals surface area contributed by atoms with Crippen molar-refractivity contribution in [1.82, 2.24) is 4.90 Å². The quantitative estimate of drug-likeness (QED) is 0.772. The Morgan fingerprint density at radius 3 is 2.85 bits per heavy atom. The molecule has 1 aromatic carbocycles. The zero-order valence-electron chi connectivity index (χ0n) is 12.3. The molecule has 0 fully saturated rings. The van der Waals surface area contributed by atoms with Gasteiger partial charge in [-0.3, -0.25) is 4.99 Å². The number of halogens is 1. The number of amidine groups is 1. The van der Waals surface area contributed by atoms with E-state index in [1.54, 1.807) is 12.1 Å². The Bertz CT molecular complexity index is 540. The monoisotopic (exact) mass is 276 g/mol. The number of aliphatic imine (C=N–C) groups is 1. The molecule has 0 amide bonds. The van der Waals surface area contributed by atoms with Crippen molar-refractivity contribution in [2.75, 3.05) is 20.1 Å². The van der Waals surface area contributed by atoms with Crippen molar-refractivity contribution < 1.29 is 9.13 Å². The lowest BCUT2D eigenvalue weighted by molar-refractivity contribution is 0.243. The maximum absolute atomic E-state index is 14.0. The molecule has 1 unspecified atom stereocenters. The summed E-state index contributed by atoms with van der Waals surface area (Å²) in [4.78, 5) is 6.51. The molecule has 1 heterocycles. The van der Waals surface area contributed by atoms with Crippen molar-refractivity contribution in [2.45, 2.75) is 26.4 Å². The van der Waals surface area contributed by atoms with Gasteiger partial charge in [-0.25, -0.2) is 4.39 Å². The van der Waals surface area contributed by atoms with Crippen molar-refractivity contribution in [1.29, 1.82) is 0 Å². The fraction of sp³-hybridized carbons (Fsp3) is 0.438. The summed E-state index contributed by atoms with van der Waals surface area (Å²) in [6.07, 6.45) is 2.10. The van der Waals surface area contributed by atoms with Gasteiger partial charge in [-0.1, -0.05) is 12.1 Å². The number of hydrogen-bond donors (Lipinski definition) is 0. The molecule has 1 aliphatic heterocycles. The van der Waals surface area contributed by atoms with Gasteiger partial charge in [0.1, 0.15) is 5.84 Å². The fourth-order valence-corrected chi connectivity index (χ4v) is 2.30. The fourth-order valence-electron chi connectivity index (χ4n) is 2.30. The summed E-state index contributed by atoms with van der Waals surface area (Å²) in [5.74, 6) is 0.855. The molecular formula is C16H21FN2O. The summed E-state index contributed by atoms with van der Waals surface area (Å²) in [6, 6.07) is 3.21. The molecule has 3 nitrogen and oxygen atoms in total. The first-order valence-electron chi connectivity index (χ1n) is 6.83. The predicted octanol–water partition coefficient (Wildman–Crippen LogP) is 3.11. The Hall–Kier alpha value is -1.84. The van der Waals surface area contributed by atoms with E-state index in [9.17, 15) is 4.39 Å². The number of likely N-dealkylation sites (N-methyl/N-ethyl adjacent to an activating group) is 1. The number of rotatable bonds is 5. The standard InChI is InChI=1S/C16H21FN2O/c1-5-6-14(16-18-9-10-19(16)4)20-15-12(3)11(2)7-8-13(15)17/h5,7-8,14H,1,6,9-10H2,2-4H3. The van der Waals surface area contributed by atoms with E-state index in [2.05, 4.69) is 16.5 Å². The van der Waals surface area contributed by atoms with E-state index in [0.29, 0.717) is 12.2 Å². The van der Waals surface area contributed by atoms with Crippen LogP contribution in [0.2, 0.25) is 0 Å². The highest BCUT2D eigenvalue weighted by Crippen LogP contribution is 2.27. The number of aryl methyl sites for hydroxylation is 1. The van der Waals surface area contributed by atoms with Crippen molar-refractivity contribution in [3.8, 4) is 5.75 Å². The normalized spacial score (nSPS) is 16.0. The van der Waals surface area contributed by atoms with E-state index in [4.69, 9.17) is 4.74 Å². The Morgan fingerprint density at radius 1 is 1.50 bits per heavy atom. The number of nitrogens with zero attached hydrogens (tertiary/aromatic N) is 2. The van der Waals surface area contributed by atoms with Crippen molar-refractivity contribution in [2.24, 2.45) is 4.99 Å². The van der Waals surface area contributed by atoms with Crippen LogP contribution in [0.5, 0.6) is 5.75 Å². The lowest BCUT2D eigenvalue weighted by atomic mass is 10.1. The minimum absolute atomic E-state index is 0.282. The first-order chi connectivity index (χ1) is 9.54. The maximum Gasteiger partial charge on any atom is 0.165 e. The molecule has 0 radical (unpaired) electrons. The Balaban J connectivity index is 2.29. The third kappa shape index (κ3) is 2.84. The van der Waals surface area contributed by atoms with Crippen LogP contribution in [-0.4, -0.2) is 37.0 Å². The second-order valence-corrected chi connectivity index (χ2v) is 5.11. The van der Waals surface area contributed by atoms with E-state index >= 15 is 0 Å². The molecule has 1 aliphatic rings. The minimum Gasteiger partial charge on any atom is -0.479 e. The lowest BCUT2D eigenvalue weighted by Crippen LogP contribution is -2.37. The third-order valence-corrected chi connectivity index (χ3v) is 3.66. The summed E-state index contributed by atoms with van der Waals surface area (Å²) in [6.45, 7) is 9.21. The van der Waals surface area contributed by atoms with Gasteiger partial charge in [-0.05, 0) is 31.0 Å². The average molecular weight is 276 g/mol. The van der Waals surface area contributed by atoms with Gasteiger partial charge in [0.05, 0.1) is 6.54 Å². The second kappa shape index (κ2) is 6.07. The summed E-state index contributed by atoms with van der Waals surface area (Å²) < 4.78 is 19.9. The molecule has 0 N–H and O–H groups in total. The van der Waals surface area contributed by atoms with Crippen LogP contribution in [0.15, 0.2) is 29.8 Å². The summed E-state index contributed by atoms with van der Waals surface area (Å²) in [5, 5.41) is 0. The topological polar surface area (TPSA) is 24.8 Å². The molecule has 20 heavy (non-hydrogen) atoms. The van der Waals surface area contributed by atoms with Gasteiger partial charge in [0, 0.05) is 20.0 Å². The minimum atomic E-state index is -0.330. The zero-order valence-corrected chi connectivity index (χ0v) is 12.3. The number of benzene rings is 1. The molecule has 1 aromatic rings. The zero-order chi connectivity index (χ0) is 14.7. The van der Waals surface area contributed by atoms with E-state index in [1.165, 1.54) is 6.07 Å². The van der Waals surface area contributed by atoms with Crippen LogP contribution in [-0.2, 0) is 0 Å². The Kier molecular flexibility index (Phi) is 4.42. The van der Waals surface area contributed by atoms with Gasteiger partial charge in [-0.15, -0.1) is 6.58 Å². The smallest absolute Gasteiger partial charge is 0.165 e. The van der Waals surface area contributed by atoms with Gasteiger partial charge in [0.2, 0.25) is 0 Å². The van der Waals surface area contributed by atoms with Gasteiger partial charge >= 0.3 is 0 Å². The largest absolute Gasteiger partial charge is 0.479 e. The summed E-state index contributed by atoms with van der Waals surface area (Å²) in [5.41, 5.74) is 1.85. The van der Waals surface area contributed by atoms with Gasteiger partial charge in [0.15, 0.2) is 17.7 Å². The van der Waals surface area contributed by atoms with E-state index in [1.807, 2.05) is 20.9 Å². The van der Waals surface area contributed by atoms with Crippen molar-refractivity contribution in [3.05, 3.63) is 41.7 Å². The van der Waals surface area contributed by atoms with Gasteiger partial charge in [0.25, 0.3) is 0 Å². The summed E-state index contributed by atoms with van der Waals surface area (Å²) in [7, 11) is 1.98. The molecule has 0 aliphatic carbocycles. The highest BCUT2D eigenvalue weighted by Gasteiger charge is 2.25. The lowest BCUT2D eigenvalue weighted by Gasteiger charge is -2.24. The second-order valence-electron chi connectivity index (χ2n) is 5.11. The van der Waals surface area contributed by atoms with E-state index < -0.39 is 0 Å².